The van der Waals surface area contributed by atoms with Crippen LogP contribution in [0.15, 0.2) is 112 Å². The van der Waals surface area contributed by atoms with Crippen molar-refractivity contribution in [2.75, 3.05) is 7.11 Å². The second kappa shape index (κ2) is 13.8. The van der Waals surface area contributed by atoms with E-state index in [1.54, 1.807) is 0 Å². The van der Waals surface area contributed by atoms with E-state index in [2.05, 4.69) is 139 Å². The Hall–Kier alpha value is -3.26. The van der Waals surface area contributed by atoms with Gasteiger partial charge in [-0.15, -0.1) is 0 Å². The molecule has 7 heteroatoms. The van der Waals surface area contributed by atoms with E-state index in [9.17, 15) is 13.0 Å². The number of hydrogen-bond donors (Lipinski definition) is 0. The highest BCUT2D eigenvalue weighted by Gasteiger charge is 2.30. The monoisotopic (exact) mass is 634 g/mol. The second-order valence-corrected chi connectivity index (χ2v) is 16.8. The van der Waals surface area contributed by atoms with E-state index in [1.165, 1.54) is 62.8 Å². The molecule has 0 amide bonds. The van der Waals surface area contributed by atoms with Gasteiger partial charge in [-0.25, -0.2) is 8.42 Å². The van der Waals surface area contributed by atoms with Crippen molar-refractivity contribution in [3.8, 4) is 11.5 Å². The fourth-order valence-electron chi connectivity index (χ4n) is 4.43. The lowest BCUT2D eigenvalue weighted by Crippen LogP contribution is -2.13. The van der Waals surface area contributed by atoms with E-state index in [0.717, 1.165) is 0 Å². The van der Waals surface area contributed by atoms with Crippen molar-refractivity contribution in [2.45, 2.75) is 93.2 Å². The molecular weight excluding hydrogens is 589 g/mol. The van der Waals surface area contributed by atoms with Gasteiger partial charge in [-0.05, 0) is 93.6 Å². The lowest BCUT2D eigenvalue weighted by Gasteiger charge is -2.21. The molecular formula is C37H46O5S2. The molecule has 0 saturated carbocycles. The Balaban J connectivity index is 0.000000340. The van der Waals surface area contributed by atoms with Crippen LogP contribution in [-0.4, -0.2) is 20.1 Å². The standard InChI is InChI=1S/C30H39S.C7H8O5S/c1-28(2,3)22-10-16-25(17-11-22)31(26-18-12-23(13-19-26)29(4,5)6)27-20-14-24(15-21-27)30(7,8)9;1-11-6-2-4-7(5-3-6)12-13(8,9)10/h10-21H,1-9H3;2-5H,1H3,(H,8,9,10)/q+1;/p-1. The van der Waals surface area contributed by atoms with Gasteiger partial charge in [0.05, 0.1) is 18.0 Å². The molecule has 0 aromatic heterocycles. The molecule has 0 radical (unpaired) electrons. The molecule has 0 aliphatic carbocycles. The Kier molecular flexibility index (Phi) is 11.0. The third-order valence-electron chi connectivity index (χ3n) is 7.13. The zero-order valence-corrected chi connectivity index (χ0v) is 29.2. The van der Waals surface area contributed by atoms with Gasteiger partial charge in [0.2, 0.25) is 0 Å². The van der Waals surface area contributed by atoms with E-state index in [1.807, 2.05) is 0 Å². The number of methoxy groups -OCH3 is 1. The zero-order valence-electron chi connectivity index (χ0n) is 27.6. The van der Waals surface area contributed by atoms with E-state index in [4.69, 9.17) is 4.74 Å². The summed E-state index contributed by atoms with van der Waals surface area (Å²) in [6.07, 6.45) is 0. The van der Waals surface area contributed by atoms with E-state index in [-0.39, 0.29) is 32.9 Å². The van der Waals surface area contributed by atoms with Crippen molar-refractivity contribution >= 4 is 21.3 Å². The van der Waals surface area contributed by atoms with Crippen LogP contribution in [-0.2, 0) is 37.5 Å². The first-order valence-corrected chi connectivity index (χ1v) is 17.2. The molecule has 0 spiro atoms. The topological polar surface area (TPSA) is 75.7 Å². The molecule has 0 bridgehead atoms. The molecule has 0 aliphatic rings. The predicted molar refractivity (Wildman–Crippen MR) is 181 cm³/mol. The molecule has 0 atom stereocenters. The van der Waals surface area contributed by atoms with Gasteiger partial charge in [-0.1, -0.05) is 98.7 Å². The third-order valence-corrected chi connectivity index (χ3v) is 9.75. The number of ether oxygens (including phenoxy) is 1. The molecule has 236 valence electrons. The Morgan fingerprint density at radius 2 is 0.773 bits per heavy atom. The van der Waals surface area contributed by atoms with Gasteiger partial charge in [-0.2, -0.15) is 0 Å². The highest BCUT2D eigenvalue weighted by Crippen LogP contribution is 2.35. The molecule has 0 N–H and O–H groups in total. The van der Waals surface area contributed by atoms with Gasteiger partial charge < -0.3 is 13.5 Å². The maximum Gasteiger partial charge on any atom is 0.262 e. The molecule has 0 fully saturated rings. The SMILES string of the molecule is CC(C)(C)c1ccc([S+](c2ccc(C(C)(C)C)cc2)c2ccc(C(C)(C)C)cc2)cc1.COc1ccc(OS(=O)(=O)[O-])cc1. The summed E-state index contributed by atoms with van der Waals surface area (Å²) in [6.45, 7) is 20.5. The van der Waals surface area contributed by atoms with Crippen LogP contribution < -0.4 is 8.92 Å². The van der Waals surface area contributed by atoms with E-state index >= 15 is 0 Å². The fraction of sp³-hybridized carbons (Fsp3) is 0.351. The van der Waals surface area contributed by atoms with E-state index < -0.39 is 10.4 Å². The Bertz CT molecular complexity index is 1450. The highest BCUT2D eigenvalue weighted by molar-refractivity contribution is 7.97. The minimum atomic E-state index is -4.69. The molecule has 0 saturated heterocycles. The van der Waals surface area contributed by atoms with Crippen LogP contribution in [0.25, 0.3) is 0 Å². The minimum absolute atomic E-state index is 0.0317. The maximum atomic E-state index is 10.1. The molecule has 0 heterocycles. The summed E-state index contributed by atoms with van der Waals surface area (Å²) < 4.78 is 39.3. The lowest BCUT2D eigenvalue weighted by atomic mass is 9.87. The van der Waals surface area contributed by atoms with Crippen LogP contribution in [0.1, 0.15) is 79.0 Å². The normalized spacial score (nSPS) is 12.4. The average molecular weight is 635 g/mol. The fourth-order valence-corrected chi connectivity index (χ4v) is 6.82. The highest BCUT2D eigenvalue weighted by atomic mass is 32.3. The van der Waals surface area contributed by atoms with Gasteiger partial charge in [0.1, 0.15) is 11.5 Å². The van der Waals surface area contributed by atoms with Gasteiger partial charge >= 0.3 is 0 Å². The average Bonchev–Trinajstić information content (AvgIpc) is 2.93. The summed E-state index contributed by atoms with van der Waals surface area (Å²) in [7, 11) is -3.33. The molecule has 5 nitrogen and oxygen atoms in total. The lowest BCUT2D eigenvalue weighted by molar-refractivity contribution is 0.371. The van der Waals surface area contributed by atoms with Crippen LogP contribution in [0.5, 0.6) is 11.5 Å². The van der Waals surface area contributed by atoms with Gasteiger partial charge in [-0.3, -0.25) is 0 Å². The molecule has 4 rings (SSSR count). The summed E-state index contributed by atoms with van der Waals surface area (Å²) in [6, 6.07) is 33.5. The minimum Gasteiger partial charge on any atom is -0.716 e. The summed E-state index contributed by atoms with van der Waals surface area (Å²) in [4.78, 5) is 4.13. The molecule has 4 aromatic carbocycles. The number of benzene rings is 4. The number of rotatable bonds is 6. The maximum absolute atomic E-state index is 10.1. The molecule has 0 aliphatic heterocycles. The van der Waals surface area contributed by atoms with Crippen LogP contribution in [0.2, 0.25) is 0 Å². The zero-order chi connectivity index (χ0) is 32.9. The largest absolute Gasteiger partial charge is 0.716 e. The van der Waals surface area contributed by atoms with Crippen LogP contribution in [0, 0.1) is 0 Å². The Labute approximate surface area is 268 Å². The van der Waals surface area contributed by atoms with E-state index in [0.29, 0.717) is 5.75 Å². The molecule has 0 unspecified atom stereocenters. The van der Waals surface area contributed by atoms with Crippen molar-refractivity contribution in [2.24, 2.45) is 0 Å². The first-order chi connectivity index (χ1) is 20.3. The Morgan fingerprint density at radius 1 is 0.500 bits per heavy atom. The first kappa shape index (κ1) is 35.2. The number of hydrogen-bond acceptors (Lipinski definition) is 5. The first-order valence-electron chi connectivity index (χ1n) is 14.6. The molecule has 44 heavy (non-hydrogen) atoms. The van der Waals surface area contributed by atoms with Crippen molar-refractivity contribution in [3.05, 3.63) is 114 Å². The second-order valence-electron chi connectivity index (χ2n) is 13.8. The van der Waals surface area contributed by atoms with Crippen molar-refractivity contribution < 1.29 is 21.9 Å². The van der Waals surface area contributed by atoms with Gasteiger partial charge in [0.15, 0.2) is 14.7 Å². The summed E-state index contributed by atoms with van der Waals surface area (Å²) >= 11 is 0. The van der Waals surface area contributed by atoms with Crippen LogP contribution in [0.3, 0.4) is 0 Å². The van der Waals surface area contributed by atoms with Crippen molar-refractivity contribution in [3.63, 3.8) is 0 Å². The van der Waals surface area contributed by atoms with Crippen molar-refractivity contribution in [1.29, 1.82) is 0 Å². The van der Waals surface area contributed by atoms with Crippen molar-refractivity contribution in [1.82, 2.24) is 0 Å². The smallest absolute Gasteiger partial charge is 0.262 e. The Morgan fingerprint density at radius 3 is 1.00 bits per heavy atom. The quantitative estimate of drug-likeness (QED) is 0.120. The molecule has 4 aromatic rings. The van der Waals surface area contributed by atoms with Crippen LogP contribution >= 0.6 is 0 Å². The van der Waals surface area contributed by atoms with Crippen LogP contribution in [0.4, 0.5) is 0 Å². The summed E-state index contributed by atoms with van der Waals surface area (Å²) in [5, 5.41) is 0. The summed E-state index contributed by atoms with van der Waals surface area (Å²) in [5.74, 6) is 0.520. The third kappa shape index (κ3) is 10.1. The predicted octanol–water partition coefficient (Wildman–Crippen LogP) is 9.21. The van der Waals surface area contributed by atoms with Gasteiger partial charge in [0, 0.05) is 0 Å². The summed E-state index contributed by atoms with van der Waals surface area (Å²) in [5.41, 5.74) is 4.64. The van der Waals surface area contributed by atoms with Gasteiger partial charge in [0.25, 0.3) is 10.4 Å².